The molecular weight excluding hydrogens is 236 g/mol. The summed E-state index contributed by atoms with van der Waals surface area (Å²) in [6.07, 6.45) is 5.53. The van der Waals surface area contributed by atoms with Gasteiger partial charge < -0.3 is 10.2 Å². The lowest BCUT2D eigenvalue weighted by Crippen LogP contribution is -2.55. The van der Waals surface area contributed by atoms with Crippen molar-refractivity contribution in [2.24, 2.45) is 17.6 Å². The van der Waals surface area contributed by atoms with E-state index in [-0.39, 0.29) is 5.54 Å². The molecule has 1 saturated carbocycles. The number of hydrogen-bond acceptors (Lipinski definition) is 3. The van der Waals surface area contributed by atoms with Gasteiger partial charge in [-0.25, -0.2) is 0 Å². The van der Waals surface area contributed by atoms with Crippen molar-refractivity contribution < 1.29 is 4.42 Å². The molecule has 1 heterocycles. The van der Waals surface area contributed by atoms with Crippen LogP contribution in [0.3, 0.4) is 0 Å². The van der Waals surface area contributed by atoms with Gasteiger partial charge in [0.15, 0.2) is 0 Å². The van der Waals surface area contributed by atoms with Gasteiger partial charge in [-0.05, 0) is 51.1 Å². The average molecular weight is 264 g/mol. The summed E-state index contributed by atoms with van der Waals surface area (Å²) in [5.74, 6) is 2.55. The zero-order valence-corrected chi connectivity index (χ0v) is 12.8. The van der Waals surface area contributed by atoms with E-state index in [0.717, 1.165) is 30.7 Å². The van der Waals surface area contributed by atoms with Gasteiger partial charge in [0.2, 0.25) is 0 Å². The lowest BCUT2D eigenvalue weighted by Gasteiger charge is -2.48. The first-order chi connectivity index (χ1) is 8.97. The fourth-order valence-electron chi connectivity index (χ4n) is 3.87. The van der Waals surface area contributed by atoms with Crippen LogP contribution in [0, 0.1) is 18.8 Å². The smallest absolute Gasteiger partial charge is 0.105 e. The molecule has 2 unspecified atom stereocenters. The van der Waals surface area contributed by atoms with E-state index in [1.54, 1.807) is 6.26 Å². The van der Waals surface area contributed by atoms with Crippen LogP contribution in [0.5, 0.6) is 0 Å². The van der Waals surface area contributed by atoms with Crippen LogP contribution < -0.4 is 5.73 Å². The number of nitrogens with two attached hydrogens (primary N) is 1. The Morgan fingerprint density at radius 3 is 2.47 bits per heavy atom. The summed E-state index contributed by atoms with van der Waals surface area (Å²) in [4.78, 5) is 2.46. The number of likely N-dealkylation sites (N-methyl/N-ethyl adjacent to an activating group) is 1. The molecule has 108 valence electrons. The molecule has 1 aliphatic rings. The molecule has 3 nitrogen and oxygen atoms in total. The third-order valence-electron chi connectivity index (χ3n) is 4.83. The summed E-state index contributed by atoms with van der Waals surface area (Å²) >= 11 is 0. The standard InChI is InChI=1S/C16H28N2O/c1-12-7-13(2)9-16(8-12,11-17)18(4)10-15-5-6-19-14(15)3/h5-6,12-13H,7-11,17H2,1-4H3. The Labute approximate surface area is 117 Å². The van der Waals surface area contributed by atoms with E-state index in [0.29, 0.717) is 0 Å². The minimum atomic E-state index is 0.154. The molecule has 2 rings (SSSR count). The number of nitrogens with zero attached hydrogens (tertiary/aromatic N) is 1. The average Bonchev–Trinajstić information content (AvgIpc) is 2.73. The van der Waals surface area contributed by atoms with Gasteiger partial charge in [-0.1, -0.05) is 13.8 Å². The summed E-state index contributed by atoms with van der Waals surface area (Å²) in [7, 11) is 2.21. The first kappa shape index (κ1) is 14.6. The molecule has 0 bridgehead atoms. The van der Waals surface area contributed by atoms with Gasteiger partial charge in [-0.3, -0.25) is 4.90 Å². The Hall–Kier alpha value is -0.800. The quantitative estimate of drug-likeness (QED) is 0.908. The lowest BCUT2D eigenvalue weighted by molar-refractivity contribution is 0.0330. The van der Waals surface area contributed by atoms with E-state index >= 15 is 0 Å². The molecule has 0 aliphatic heterocycles. The van der Waals surface area contributed by atoms with Crippen molar-refractivity contribution in [3.05, 3.63) is 23.7 Å². The number of rotatable bonds is 4. The largest absolute Gasteiger partial charge is 0.469 e. The van der Waals surface area contributed by atoms with Crippen LogP contribution in [0.4, 0.5) is 0 Å². The Bertz CT molecular complexity index is 403. The molecule has 0 aromatic carbocycles. The van der Waals surface area contributed by atoms with Gasteiger partial charge in [-0.2, -0.15) is 0 Å². The van der Waals surface area contributed by atoms with Crippen LogP contribution in [0.15, 0.2) is 16.7 Å². The number of furan rings is 1. The van der Waals surface area contributed by atoms with Crippen LogP contribution in [-0.4, -0.2) is 24.0 Å². The van der Waals surface area contributed by atoms with Gasteiger partial charge in [-0.15, -0.1) is 0 Å². The Morgan fingerprint density at radius 1 is 1.37 bits per heavy atom. The van der Waals surface area contributed by atoms with Gasteiger partial charge >= 0.3 is 0 Å². The molecule has 0 radical (unpaired) electrons. The molecule has 0 amide bonds. The van der Waals surface area contributed by atoms with E-state index in [1.807, 2.05) is 6.92 Å². The third-order valence-corrected chi connectivity index (χ3v) is 4.83. The van der Waals surface area contributed by atoms with Crippen LogP contribution >= 0.6 is 0 Å². The SMILES string of the molecule is Cc1occc1CN(C)C1(CN)CC(C)CC(C)C1. The predicted octanol–water partition coefficient (Wildman–Crippen LogP) is 3.17. The maximum absolute atomic E-state index is 6.17. The minimum Gasteiger partial charge on any atom is -0.469 e. The second-order valence-corrected chi connectivity index (χ2v) is 6.64. The summed E-state index contributed by atoms with van der Waals surface area (Å²) in [6.45, 7) is 8.42. The fraction of sp³-hybridized carbons (Fsp3) is 0.750. The molecular formula is C16H28N2O. The number of hydrogen-bond donors (Lipinski definition) is 1. The summed E-state index contributed by atoms with van der Waals surface area (Å²) < 4.78 is 5.40. The van der Waals surface area contributed by atoms with Gasteiger partial charge in [0.05, 0.1) is 6.26 Å². The van der Waals surface area contributed by atoms with E-state index < -0.39 is 0 Å². The number of aryl methyl sites for hydroxylation is 1. The van der Waals surface area contributed by atoms with Crippen molar-refractivity contribution in [3.63, 3.8) is 0 Å². The second-order valence-electron chi connectivity index (χ2n) is 6.64. The van der Waals surface area contributed by atoms with Crippen LogP contribution in [-0.2, 0) is 6.54 Å². The maximum Gasteiger partial charge on any atom is 0.105 e. The first-order valence-electron chi connectivity index (χ1n) is 7.41. The van der Waals surface area contributed by atoms with Crippen LogP contribution in [0.25, 0.3) is 0 Å². The molecule has 0 saturated heterocycles. The molecule has 2 N–H and O–H groups in total. The minimum absolute atomic E-state index is 0.154. The highest BCUT2D eigenvalue weighted by molar-refractivity contribution is 5.16. The van der Waals surface area contributed by atoms with E-state index in [2.05, 4.69) is 31.9 Å². The van der Waals surface area contributed by atoms with Crippen molar-refractivity contribution in [2.75, 3.05) is 13.6 Å². The van der Waals surface area contributed by atoms with Gasteiger partial charge in [0.1, 0.15) is 5.76 Å². The summed E-state index contributed by atoms with van der Waals surface area (Å²) in [5, 5.41) is 0. The van der Waals surface area contributed by atoms with Gasteiger partial charge in [0.25, 0.3) is 0 Å². The van der Waals surface area contributed by atoms with E-state index in [4.69, 9.17) is 10.2 Å². The summed E-state index contributed by atoms with van der Waals surface area (Å²) in [5.41, 5.74) is 7.60. The molecule has 1 aromatic heterocycles. The second kappa shape index (κ2) is 5.68. The molecule has 3 heteroatoms. The highest BCUT2D eigenvalue weighted by Crippen LogP contribution is 2.39. The van der Waals surface area contributed by atoms with Gasteiger partial charge in [0, 0.05) is 24.2 Å². The third kappa shape index (κ3) is 3.03. The molecule has 0 spiro atoms. The van der Waals surface area contributed by atoms with E-state index in [9.17, 15) is 0 Å². The Kier molecular flexibility index (Phi) is 4.36. The monoisotopic (exact) mass is 264 g/mol. The predicted molar refractivity (Wildman–Crippen MR) is 78.9 cm³/mol. The van der Waals surface area contributed by atoms with Crippen LogP contribution in [0.2, 0.25) is 0 Å². The molecule has 1 fully saturated rings. The van der Waals surface area contributed by atoms with Crippen molar-refractivity contribution in [1.29, 1.82) is 0 Å². The Morgan fingerprint density at radius 2 is 2.00 bits per heavy atom. The van der Waals surface area contributed by atoms with Crippen molar-refractivity contribution in [1.82, 2.24) is 4.90 Å². The normalized spacial score (nSPS) is 31.9. The Balaban J connectivity index is 2.14. The molecule has 1 aliphatic carbocycles. The topological polar surface area (TPSA) is 42.4 Å². The van der Waals surface area contributed by atoms with Crippen molar-refractivity contribution in [2.45, 2.75) is 52.1 Å². The molecule has 1 aromatic rings. The van der Waals surface area contributed by atoms with E-state index in [1.165, 1.54) is 24.8 Å². The highest BCUT2D eigenvalue weighted by atomic mass is 16.3. The van der Waals surface area contributed by atoms with Crippen molar-refractivity contribution >= 4 is 0 Å². The zero-order valence-electron chi connectivity index (χ0n) is 12.8. The lowest BCUT2D eigenvalue weighted by atomic mass is 9.70. The molecule has 2 atom stereocenters. The maximum atomic E-state index is 6.17. The first-order valence-corrected chi connectivity index (χ1v) is 7.41. The zero-order chi connectivity index (χ0) is 14.0. The summed E-state index contributed by atoms with van der Waals surface area (Å²) in [6, 6.07) is 2.08. The van der Waals surface area contributed by atoms with Crippen molar-refractivity contribution in [3.8, 4) is 0 Å². The fourth-order valence-corrected chi connectivity index (χ4v) is 3.87. The van der Waals surface area contributed by atoms with Crippen LogP contribution in [0.1, 0.15) is 44.4 Å². The molecule has 19 heavy (non-hydrogen) atoms. The highest BCUT2D eigenvalue weighted by Gasteiger charge is 2.40.